The largest absolute Gasteiger partial charge is 0.443 e. The molecule has 0 aromatic heterocycles. The number of nitrogens with zero attached hydrogens (tertiary/aromatic N) is 1. The molecule has 4 nitrogen and oxygen atoms in total. The molecule has 2 amide bonds. The van der Waals surface area contributed by atoms with Crippen molar-refractivity contribution in [3.63, 3.8) is 0 Å². The molecular formula is C10H16BrNO3. The molecule has 0 N–H and O–H groups in total. The van der Waals surface area contributed by atoms with E-state index in [0.29, 0.717) is 18.2 Å². The lowest BCUT2D eigenvalue weighted by atomic mass is 10.2. The summed E-state index contributed by atoms with van der Waals surface area (Å²) in [6, 6.07) is -0.0626. The second-order valence-corrected chi connectivity index (χ2v) is 5.24. The van der Waals surface area contributed by atoms with Crippen molar-refractivity contribution in [1.29, 1.82) is 0 Å². The van der Waals surface area contributed by atoms with Gasteiger partial charge in [-0.25, -0.2) is 9.69 Å². The van der Waals surface area contributed by atoms with Crippen molar-refractivity contribution in [2.24, 2.45) is 0 Å². The molecule has 1 saturated heterocycles. The predicted octanol–water partition coefficient (Wildman–Crippen LogP) is 2.31. The maximum absolute atomic E-state index is 11.7. The summed E-state index contributed by atoms with van der Waals surface area (Å²) in [5, 5.41) is 0.609. The Hall–Kier alpha value is -0.580. The Kier molecular flexibility index (Phi) is 3.76. The number of alkyl halides is 1. The quantitative estimate of drug-likeness (QED) is 0.691. The first-order valence-corrected chi connectivity index (χ1v) is 6.08. The van der Waals surface area contributed by atoms with Gasteiger partial charge in [-0.15, -0.1) is 0 Å². The molecule has 0 bridgehead atoms. The van der Waals surface area contributed by atoms with Gasteiger partial charge >= 0.3 is 6.09 Å². The Balaban J connectivity index is 2.69. The molecular weight excluding hydrogens is 262 g/mol. The number of hydrogen-bond donors (Lipinski definition) is 0. The third-order valence-corrected chi connectivity index (χ3v) is 2.84. The number of likely N-dealkylation sites (tertiary alicyclic amines) is 1. The van der Waals surface area contributed by atoms with Gasteiger partial charge in [0.15, 0.2) is 0 Å². The lowest BCUT2D eigenvalue weighted by Crippen LogP contribution is -2.42. The van der Waals surface area contributed by atoms with Crippen LogP contribution in [0.3, 0.4) is 0 Å². The Morgan fingerprint density at radius 2 is 2.20 bits per heavy atom. The number of amides is 2. The lowest BCUT2D eigenvalue weighted by Gasteiger charge is -2.26. The highest BCUT2D eigenvalue weighted by Crippen LogP contribution is 2.23. The summed E-state index contributed by atoms with van der Waals surface area (Å²) in [5.74, 6) is -0.145. The van der Waals surface area contributed by atoms with Crippen LogP contribution in [-0.2, 0) is 9.53 Å². The predicted molar refractivity (Wildman–Crippen MR) is 59.9 cm³/mol. The SMILES string of the molecule is CC(C)(C)OC(=O)N1C(=O)CCC1CBr. The third kappa shape index (κ3) is 3.19. The van der Waals surface area contributed by atoms with E-state index in [-0.39, 0.29) is 11.9 Å². The average Bonchev–Trinajstić information content (AvgIpc) is 2.43. The van der Waals surface area contributed by atoms with E-state index >= 15 is 0 Å². The summed E-state index contributed by atoms with van der Waals surface area (Å²) in [7, 11) is 0. The zero-order valence-electron chi connectivity index (χ0n) is 9.25. The zero-order valence-corrected chi connectivity index (χ0v) is 10.8. The number of hydrogen-bond acceptors (Lipinski definition) is 3. The number of halogens is 1. The van der Waals surface area contributed by atoms with Crippen molar-refractivity contribution in [2.45, 2.75) is 45.3 Å². The van der Waals surface area contributed by atoms with Crippen molar-refractivity contribution in [3.05, 3.63) is 0 Å². The van der Waals surface area contributed by atoms with Crippen LogP contribution < -0.4 is 0 Å². The molecule has 1 rings (SSSR count). The van der Waals surface area contributed by atoms with E-state index in [4.69, 9.17) is 4.74 Å². The molecule has 1 unspecified atom stereocenters. The fraction of sp³-hybridized carbons (Fsp3) is 0.800. The summed E-state index contributed by atoms with van der Waals surface area (Å²) in [6.45, 7) is 5.36. The molecule has 1 fully saturated rings. The number of ether oxygens (including phenoxy) is 1. The molecule has 1 atom stereocenters. The van der Waals surface area contributed by atoms with Gasteiger partial charge in [0.05, 0.1) is 6.04 Å². The average molecular weight is 278 g/mol. The molecule has 0 aromatic carbocycles. The van der Waals surface area contributed by atoms with Gasteiger partial charge in [0, 0.05) is 11.8 Å². The summed E-state index contributed by atoms with van der Waals surface area (Å²) < 4.78 is 5.17. The number of rotatable bonds is 1. The van der Waals surface area contributed by atoms with Gasteiger partial charge in [-0.2, -0.15) is 0 Å². The van der Waals surface area contributed by atoms with E-state index in [0.717, 1.165) is 0 Å². The molecule has 0 aliphatic carbocycles. The van der Waals surface area contributed by atoms with Crippen LogP contribution in [0.2, 0.25) is 0 Å². The highest BCUT2D eigenvalue weighted by Gasteiger charge is 2.37. The van der Waals surface area contributed by atoms with Gasteiger partial charge in [-0.3, -0.25) is 4.79 Å². The van der Waals surface area contributed by atoms with Gasteiger partial charge in [0.25, 0.3) is 0 Å². The summed E-state index contributed by atoms with van der Waals surface area (Å²) in [4.78, 5) is 24.4. The number of carbonyl (C=O) groups is 2. The van der Waals surface area contributed by atoms with Crippen LogP contribution >= 0.6 is 15.9 Å². The van der Waals surface area contributed by atoms with Crippen LogP contribution in [0.15, 0.2) is 0 Å². The van der Waals surface area contributed by atoms with Gasteiger partial charge in [-0.1, -0.05) is 15.9 Å². The molecule has 0 aromatic rings. The Bertz CT molecular complexity index is 272. The smallest absolute Gasteiger partial charge is 0.417 e. The third-order valence-electron chi connectivity index (χ3n) is 2.09. The van der Waals surface area contributed by atoms with Gasteiger partial charge < -0.3 is 4.74 Å². The standard InChI is InChI=1S/C10H16BrNO3/c1-10(2,3)15-9(14)12-7(6-11)4-5-8(12)13/h7H,4-6H2,1-3H3. The van der Waals surface area contributed by atoms with E-state index < -0.39 is 11.7 Å². The van der Waals surface area contributed by atoms with Gasteiger partial charge in [-0.05, 0) is 27.2 Å². The lowest BCUT2D eigenvalue weighted by molar-refractivity contribution is -0.127. The summed E-state index contributed by atoms with van der Waals surface area (Å²) in [6.07, 6.45) is 0.605. The van der Waals surface area contributed by atoms with E-state index in [2.05, 4.69) is 15.9 Å². The second kappa shape index (κ2) is 4.51. The fourth-order valence-electron chi connectivity index (χ4n) is 1.45. The topological polar surface area (TPSA) is 46.6 Å². The highest BCUT2D eigenvalue weighted by atomic mass is 79.9. The number of imide groups is 1. The van der Waals surface area contributed by atoms with Crippen molar-refractivity contribution in [3.8, 4) is 0 Å². The van der Waals surface area contributed by atoms with E-state index in [9.17, 15) is 9.59 Å². The van der Waals surface area contributed by atoms with E-state index in [1.54, 1.807) is 20.8 Å². The zero-order chi connectivity index (χ0) is 11.6. The fourth-order valence-corrected chi connectivity index (χ4v) is 2.06. The van der Waals surface area contributed by atoms with Crippen molar-refractivity contribution in [1.82, 2.24) is 4.90 Å². The first-order valence-electron chi connectivity index (χ1n) is 4.96. The van der Waals surface area contributed by atoms with Crippen LogP contribution in [0.25, 0.3) is 0 Å². The minimum atomic E-state index is -0.559. The highest BCUT2D eigenvalue weighted by molar-refractivity contribution is 9.09. The normalized spacial score (nSPS) is 22.0. The Labute approximate surface area is 98.1 Å². The number of carbonyl (C=O) groups excluding carboxylic acids is 2. The first kappa shape index (κ1) is 12.5. The Morgan fingerprint density at radius 1 is 1.60 bits per heavy atom. The molecule has 0 spiro atoms. The van der Waals surface area contributed by atoms with Crippen LogP contribution in [0.5, 0.6) is 0 Å². The Morgan fingerprint density at radius 3 is 2.67 bits per heavy atom. The minimum Gasteiger partial charge on any atom is -0.443 e. The molecule has 86 valence electrons. The van der Waals surface area contributed by atoms with E-state index in [1.807, 2.05) is 0 Å². The molecule has 1 heterocycles. The maximum Gasteiger partial charge on any atom is 0.417 e. The minimum absolute atomic E-state index is 0.0626. The first-order chi connectivity index (χ1) is 6.85. The van der Waals surface area contributed by atoms with Crippen LogP contribution in [0, 0.1) is 0 Å². The van der Waals surface area contributed by atoms with Crippen molar-refractivity contribution >= 4 is 27.9 Å². The van der Waals surface area contributed by atoms with Crippen LogP contribution in [-0.4, -0.2) is 33.9 Å². The van der Waals surface area contributed by atoms with Crippen molar-refractivity contribution in [2.75, 3.05) is 5.33 Å². The van der Waals surface area contributed by atoms with Gasteiger partial charge in [0.2, 0.25) is 5.91 Å². The van der Waals surface area contributed by atoms with Crippen LogP contribution in [0.1, 0.15) is 33.6 Å². The van der Waals surface area contributed by atoms with Crippen molar-refractivity contribution < 1.29 is 14.3 Å². The second-order valence-electron chi connectivity index (χ2n) is 4.59. The molecule has 1 aliphatic rings. The monoisotopic (exact) mass is 277 g/mol. The van der Waals surface area contributed by atoms with E-state index in [1.165, 1.54) is 4.90 Å². The molecule has 0 radical (unpaired) electrons. The molecule has 5 heteroatoms. The molecule has 0 saturated carbocycles. The maximum atomic E-state index is 11.7. The summed E-state index contributed by atoms with van der Waals surface area (Å²) in [5.41, 5.74) is -0.559. The molecule has 15 heavy (non-hydrogen) atoms. The van der Waals surface area contributed by atoms with Crippen LogP contribution in [0.4, 0.5) is 4.79 Å². The summed E-state index contributed by atoms with van der Waals surface area (Å²) >= 11 is 3.29. The molecule has 1 aliphatic heterocycles. The van der Waals surface area contributed by atoms with Gasteiger partial charge in [0.1, 0.15) is 5.60 Å².